The van der Waals surface area contributed by atoms with Crippen molar-refractivity contribution in [3.05, 3.63) is 54.4 Å². The second-order valence-corrected chi connectivity index (χ2v) is 7.77. The number of nitrogens with zero attached hydrogens (tertiary/aromatic N) is 8. The molecule has 10 nitrogen and oxygen atoms in total. The second-order valence-electron chi connectivity index (χ2n) is 7.77. The van der Waals surface area contributed by atoms with Crippen LogP contribution in [0.3, 0.4) is 0 Å². The lowest BCUT2D eigenvalue weighted by Gasteiger charge is -2.13. The number of fused-ring (bicyclic) bond motifs is 2. The number of aryl methyl sites for hydroxylation is 1. The minimum absolute atomic E-state index is 0.180. The summed E-state index contributed by atoms with van der Waals surface area (Å²) in [6.45, 7) is 6.55. The van der Waals surface area contributed by atoms with Crippen LogP contribution in [-0.2, 0) is 6.54 Å². The third kappa shape index (κ3) is 3.49. The maximum atomic E-state index is 5.35. The fraction of sp³-hybridized carbons (Fsp3) is 0.273. The summed E-state index contributed by atoms with van der Waals surface area (Å²) in [5, 5.41) is 11.9. The van der Waals surface area contributed by atoms with Gasteiger partial charge in [-0.2, -0.15) is 0 Å². The van der Waals surface area contributed by atoms with E-state index in [4.69, 9.17) is 14.7 Å². The number of hydrogen-bond acceptors (Lipinski definition) is 8. The lowest BCUT2D eigenvalue weighted by Crippen LogP contribution is -2.14. The maximum Gasteiger partial charge on any atom is 0.215 e. The van der Waals surface area contributed by atoms with Crippen LogP contribution in [-0.4, -0.2) is 52.3 Å². The molecule has 0 aliphatic heterocycles. The van der Waals surface area contributed by atoms with Crippen molar-refractivity contribution in [2.45, 2.75) is 33.4 Å². The number of rotatable bonds is 6. The summed E-state index contributed by atoms with van der Waals surface area (Å²) in [6.07, 6.45) is 5.41. The highest BCUT2D eigenvalue weighted by Gasteiger charge is 2.19. The van der Waals surface area contributed by atoms with Crippen LogP contribution >= 0.6 is 0 Å². The number of anilines is 1. The van der Waals surface area contributed by atoms with E-state index in [0.717, 1.165) is 22.6 Å². The van der Waals surface area contributed by atoms with Crippen molar-refractivity contribution in [2.75, 3.05) is 12.4 Å². The first-order valence-electron chi connectivity index (χ1n) is 10.3. The second kappa shape index (κ2) is 7.88. The van der Waals surface area contributed by atoms with Crippen molar-refractivity contribution < 1.29 is 4.74 Å². The van der Waals surface area contributed by atoms with Crippen LogP contribution in [0.25, 0.3) is 28.2 Å². The Morgan fingerprint density at radius 2 is 2.00 bits per heavy atom. The molecule has 0 aromatic carbocycles. The van der Waals surface area contributed by atoms with E-state index < -0.39 is 0 Å². The normalized spacial score (nSPS) is 11.5. The van der Waals surface area contributed by atoms with Crippen molar-refractivity contribution in [3.8, 4) is 17.4 Å². The Morgan fingerprint density at radius 3 is 2.75 bits per heavy atom. The van der Waals surface area contributed by atoms with Gasteiger partial charge in [0.1, 0.15) is 17.0 Å². The zero-order valence-electron chi connectivity index (χ0n) is 18.3. The van der Waals surface area contributed by atoms with E-state index in [1.165, 1.54) is 0 Å². The number of pyridine rings is 2. The predicted octanol–water partition coefficient (Wildman–Crippen LogP) is 3.12. The summed E-state index contributed by atoms with van der Waals surface area (Å²) in [5.41, 5.74) is 3.91. The van der Waals surface area contributed by atoms with Gasteiger partial charge in [-0.1, -0.05) is 6.07 Å². The lowest BCUT2D eigenvalue weighted by molar-refractivity contribution is 0.398. The number of nitrogens with one attached hydrogen (secondary N) is 1. The van der Waals surface area contributed by atoms with Crippen LogP contribution < -0.4 is 10.1 Å². The van der Waals surface area contributed by atoms with Crippen molar-refractivity contribution in [2.24, 2.45) is 0 Å². The molecule has 162 valence electrons. The van der Waals surface area contributed by atoms with Crippen LogP contribution in [0.1, 0.15) is 25.4 Å². The van der Waals surface area contributed by atoms with Gasteiger partial charge in [0.25, 0.3) is 0 Å². The van der Waals surface area contributed by atoms with Crippen LogP contribution in [0.2, 0.25) is 0 Å². The molecule has 0 aliphatic rings. The molecule has 0 saturated carbocycles. The number of hydrogen-bond donors (Lipinski definition) is 1. The van der Waals surface area contributed by atoms with Gasteiger partial charge in [0.05, 0.1) is 31.1 Å². The highest BCUT2D eigenvalue weighted by molar-refractivity contribution is 5.81. The number of aromatic nitrogens is 8. The van der Waals surface area contributed by atoms with E-state index in [2.05, 4.69) is 43.9 Å². The number of imidazole rings is 1. The third-order valence-electron chi connectivity index (χ3n) is 5.08. The molecule has 32 heavy (non-hydrogen) atoms. The molecule has 0 saturated heterocycles. The molecular formula is C22H23N9O. The van der Waals surface area contributed by atoms with Crippen molar-refractivity contribution in [1.82, 2.24) is 39.1 Å². The third-order valence-corrected chi connectivity index (χ3v) is 5.08. The zero-order valence-corrected chi connectivity index (χ0v) is 18.3. The van der Waals surface area contributed by atoms with E-state index in [1.54, 1.807) is 19.5 Å². The van der Waals surface area contributed by atoms with E-state index in [0.29, 0.717) is 35.4 Å². The average Bonchev–Trinajstić information content (AvgIpc) is 3.34. The molecule has 5 rings (SSSR count). The molecule has 0 unspecified atom stereocenters. The Kier molecular flexibility index (Phi) is 4.89. The van der Waals surface area contributed by atoms with Crippen LogP contribution in [0, 0.1) is 6.92 Å². The summed E-state index contributed by atoms with van der Waals surface area (Å²) in [7, 11) is 1.60. The van der Waals surface area contributed by atoms with Crippen LogP contribution in [0.4, 0.5) is 5.82 Å². The first-order valence-corrected chi connectivity index (χ1v) is 10.3. The first kappa shape index (κ1) is 19.9. The topological polar surface area (TPSA) is 108 Å². The largest absolute Gasteiger partial charge is 0.481 e. The summed E-state index contributed by atoms with van der Waals surface area (Å²) < 4.78 is 9.36. The minimum atomic E-state index is 0.180. The fourth-order valence-corrected chi connectivity index (χ4v) is 3.62. The molecule has 1 N–H and O–H groups in total. The monoisotopic (exact) mass is 429 g/mol. The van der Waals surface area contributed by atoms with Gasteiger partial charge in [0, 0.05) is 24.5 Å². The van der Waals surface area contributed by atoms with Gasteiger partial charge in [-0.3, -0.25) is 9.38 Å². The summed E-state index contributed by atoms with van der Waals surface area (Å²) >= 11 is 0. The van der Waals surface area contributed by atoms with Crippen LogP contribution in [0.15, 0.2) is 42.9 Å². The number of ether oxygens (including phenoxy) is 1. The molecule has 10 heteroatoms. The van der Waals surface area contributed by atoms with Gasteiger partial charge in [-0.15, -0.1) is 10.2 Å². The molecule has 5 aromatic heterocycles. The van der Waals surface area contributed by atoms with Crippen molar-refractivity contribution >= 4 is 22.5 Å². The summed E-state index contributed by atoms with van der Waals surface area (Å²) in [5.74, 6) is 2.64. The SMILES string of the molecule is COc1cc2c(cn1)nc(-c1cn3c(C)nnc3c(NC(C)C)n1)n2Cc1ccccn1. The Hall–Kier alpha value is -4.08. The highest BCUT2D eigenvalue weighted by atomic mass is 16.5. The van der Waals surface area contributed by atoms with E-state index in [9.17, 15) is 0 Å². The summed E-state index contributed by atoms with van der Waals surface area (Å²) in [6, 6.07) is 7.92. The first-order chi connectivity index (χ1) is 15.5. The van der Waals surface area contributed by atoms with E-state index >= 15 is 0 Å². The molecule has 0 fully saturated rings. The van der Waals surface area contributed by atoms with Crippen molar-refractivity contribution in [3.63, 3.8) is 0 Å². The molecule has 0 atom stereocenters. The Labute approximate surface area is 184 Å². The van der Waals surface area contributed by atoms with Crippen molar-refractivity contribution in [1.29, 1.82) is 0 Å². The van der Waals surface area contributed by atoms with Gasteiger partial charge in [-0.25, -0.2) is 15.0 Å². The fourth-order valence-electron chi connectivity index (χ4n) is 3.62. The Bertz CT molecular complexity index is 1410. The van der Waals surface area contributed by atoms with Crippen LogP contribution in [0.5, 0.6) is 5.88 Å². The lowest BCUT2D eigenvalue weighted by atomic mass is 10.3. The molecule has 0 spiro atoms. The average molecular weight is 429 g/mol. The Morgan fingerprint density at radius 1 is 1.12 bits per heavy atom. The van der Waals surface area contributed by atoms with Gasteiger partial charge >= 0.3 is 0 Å². The van der Waals surface area contributed by atoms with Gasteiger partial charge < -0.3 is 14.6 Å². The molecule has 0 bridgehead atoms. The van der Waals surface area contributed by atoms with E-state index in [-0.39, 0.29) is 6.04 Å². The quantitative estimate of drug-likeness (QED) is 0.439. The predicted molar refractivity (Wildman–Crippen MR) is 121 cm³/mol. The molecule has 0 amide bonds. The number of methoxy groups -OCH3 is 1. The molecule has 0 radical (unpaired) electrons. The van der Waals surface area contributed by atoms with Gasteiger partial charge in [-0.05, 0) is 32.9 Å². The molecule has 0 aliphatic carbocycles. The minimum Gasteiger partial charge on any atom is -0.481 e. The standard InChI is InChI=1S/C22H23N9O/c1-13(2)25-20-22-29-28-14(3)30(22)12-17(26-20)21-27-16-10-24-19(32-4)9-18(16)31(21)11-15-7-5-6-8-23-15/h5-10,12-13H,11H2,1-4H3,(H,25,26). The Balaban J connectivity index is 1.75. The highest BCUT2D eigenvalue weighted by Crippen LogP contribution is 2.28. The van der Waals surface area contributed by atoms with Gasteiger partial charge in [0.2, 0.25) is 11.5 Å². The molecule has 5 aromatic rings. The van der Waals surface area contributed by atoms with E-state index in [1.807, 2.05) is 41.8 Å². The molecular weight excluding hydrogens is 406 g/mol. The smallest absolute Gasteiger partial charge is 0.215 e. The maximum absolute atomic E-state index is 5.35. The molecule has 5 heterocycles. The summed E-state index contributed by atoms with van der Waals surface area (Å²) in [4.78, 5) is 18.6. The zero-order chi connectivity index (χ0) is 22.2. The van der Waals surface area contributed by atoms with Gasteiger partial charge in [0.15, 0.2) is 11.6 Å².